The summed E-state index contributed by atoms with van der Waals surface area (Å²) in [5.74, 6) is 0.714. The van der Waals surface area contributed by atoms with Crippen LogP contribution in [0.25, 0.3) is 6.08 Å². The lowest BCUT2D eigenvalue weighted by Crippen LogP contribution is -2.27. The maximum absolute atomic E-state index is 12.9. The summed E-state index contributed by atoms with van der Waals surface area (Å²) < 4.78 is 8.20. The van der Waals surface area contributed by atoms with Crippen molar-refractivity contribution in [3.05, 3.63) is 65.1 Å². The van der Waals surface area contributed by atoms with Crippen LogP contribution in [0.15, 0.2) is 41.3 Å². The lowest BCUT2D eigenvalue weighted by molar-refractivity contribution is -0.122. The van der Waals surface area contributed by atoms with Crippen LogP contribution in [-0.2, 0) is 11.3 Å². The van der Waals surface area contributed by atoms with Crippen molar-refractivity contribution in [2.45, 2.75) is 13.5 Å². The number of hydrogen-bond donors (Lipinski definition) is 0. The molecule has 1 aliphatic heterocycles. The molecular weight excluding hydrogens is 592 g/mol. The zero-order valence-corrected chi connectivity index (χ0v) is 20.0. The number of halogens is 2. The summed E-state index contributed by atoms with van der Waals surface area (Å²) >= 11 is 11.3. The number of amides is 1. The monoisotopic (exact) mass is 607 g/mol. The number of methoxy groups -OCH3 is 1. The van der Waals surface area contributed by atoms with Gasteiger partial charge in [0.2, 0.25) is 0 Å². The van der Waals surface area contributed by atoms with Gasteiger partial charge in [0.1, 0.15) is 10.1 Å². The first-order valence-electron chi connectivity index (χ1n) is 7.73. The Labute approximate surface area is 189 Å². The number of aryl methyl sites for hydroxylation is 1. The molecule has 0 spiro atoms. The van der Waals surface area contributed by atoms with Crippen LogP contribution in [0.3, 0.4) is 0 Å². The minimum Gasteiger partial charge on any atom is -0.495 e. The Morgan fingerprint density at radius 3 is 2.58 bits per heavy atom. The van der Waals surface area contributed by atoms with Crippen LogP contribution >= 0.6 is 69.2 Å². The molecule has 1 saturated heterocycles. The van der Waals surface area contributed by atoms with Gasteiger partial charge in [-0.05, 0) is 75.9 Å². The van der Waals surface area contributed by atoms with Gasteiger partial charge >= 0.3 is 0 Å². The predicted octanol–water partition coefficient (Wildman–Crippen LogP) is 5.61. The Morgan fingerprint density at radius 1 is 1.23 bits per heavy atom. The smallest absolute Gasteiger partial charge is 0.266 e. The predicted molar refractivity (Wildman–Crippen MR) is 128 cm³/mol. The van der Waals surface area contributed by atoms with Crippen LogP contribution in [-0.4, -0.2) is 22.2 Å². The Balaban J connectivity index is 1.89. The molecule has 0 radical (unpaired) electrons. The van der Waals surface area contributed by atoms with E-state index in [9.17, 15) is 4.79 Å². The van der Waals surface area contributed by atoms with Gasteiger partial charge in [-0.1, -0.05) is 53.8 Å². The van der Waals surface area contributed by atoms with E-state index in [0.29, 0.717) is 15.8 Å². The van der Waals surface area contributed by atoms with Gasteiger partial charge in [0.05, 0.1) is 22.1 Å². The van der Waals surface area contributed by atoms with Gasteiger partial charge in [0, 0.05) is 9.13 Å². The summed E-state index contributed by atoms with van der Waals surface area (Å²) in [6.07, 6.45) is 1.87. The van der Waals surface area contributed by atoms with Crippen molar-refractivity contribution in [3.8, 4) is 5.75 Å². The van der Waals surface area contributed by atoms with Gasteiger partial charge < -0.3 is 4.74 Å². The number of thiocarbonyl (C=S) groups is 1. The van der Waals surface area contributed by atoms with Gasteiger partial charge in [0.25, 0.3) is 5.91 Å². The fraction of sp³-hybridized carbons (Fsp3) is 0.158. The Hall–Kier alpha value is -0.650. The number of rotatable bonds is 4. The zero-order valence-electron chi connectivity index (χ0n) is 14.1. The molecule has 3 rings (SSSR count). The van der Waals surface area contributed by atoms with E-state index in [1.165, 1.54) is 17.3 Å². The van der Waals surface area contributed by atoms with Gasteiger partial charge in [-0.15, -0.1) is 0 Å². The van der Waals surface area contributed by atoms with Crippen LogP contribution in [0.1, 0.15) is 16.7 Å². The summed E-state index contributed by atoms with van der Waals surface area (Å²) in [6, 6.07) is 12.2. The number of carbonyl (C=O) groups is 1. The van der Waals surface area contributed by atoms with Gasteiger partial charge in [-0.2, -0.15) is 0 Å². The molecule has 1 aliphatic rings. The van der Waals surface area contributed by atoms with Gasteiger partial charge in [-0.3, -0.25) is 9.69 Å². The molecule has 1 heterocycles. The van der Waals surface area contributed by atoms with Crippen molar-refractivity contribution >= 4 is 85.5 Å². The standard InChI is InChI=1S/C19H15I2NO2S2/c1-11-3-5-12(6-4-11)10-22-18(23)16(26-19(22)25)8-13-7-14(20)9-15(21)17(13)24-2/h3-9H,10H2,1-2H3/b16-8-. The second-order valence-corrected chi connectivity index (χ2v) is 9.85. The Kier molecular flexibility index (Phi) is 6.63. The van der Waals surface area contributed by atoms with E-state index in [-0.39, 0.29) is 5.91 Å². The number of thioether (sulfide) groups is 1. The van der Waals surface area contributed by atoms with Crippen LogP contribution in [0.2, 0.25) is 0 Å². The second kappa shape index (κ2) is 8.57. The highest BCUT2D eigenvalue weighted by atomic mass is 127. The maximum Gasteiger partial charge on any atom is 0.266 e. The molecule has 0 saturated carbocycles. The topological polar surface area (TPSA) is 29.5 Å². The molecule has 7 heteroatoms. The third-order valence-corrected chi connectivity index (χ3v) is 6.66. The van der Waals surface area contributed by atoms with Crippen molar-refractivity contribution in [3.63, 3.8) is 0 Å². The van der Waals surface area contributed by atoms with Crippen molar-refractivity contribution in [1.29, 1.82) is 0 Å². The molecule has 0 N–H and O–H groups in total. The van der Waals surface area contributed by atoms with E-state index in [1.807, 2.05) is 49.4 Å². The normalized spacial score (nSPS) is 15.8. The maximum atomic E-state index is 12.9. The van der Waals surface area contributed by atoms with Crippen molar-refractivity contribution < 1.29 is 9.53 Å². The first-order valence-corrected chi connectivity index (χ1v) is 11.1. The van der Waals surface area contributed by atoms with Crippen LogP contribution in [0.5, 0.6) is 5.75 Å². The highest BCUT2D eigenvalue weighted by Crippen LogP contribution is 2.36. The summed E-state index contributed by atoms with van der Waals surface area (Å²) in [5, 5.41) is 0. The van der Waals surface area contributed by atoms with Crippen molar-refractivity contribution in [1.82, 2.24) is 4.90 Å². The fourth-order valence-electron chi connectivity index (χ4n) is 2.56. The summed E-state index contributed by atoms with van der Waals surface area (Å²) in [6.45, 7) is 2.53. The van der Waals surface area contributed by atoms with Crippen molar-refractivity contribution in [2.75, 3.05) is 7.11 Å². The molecule has 0 atom stereocenters. The van der Waals surface area contributed by atoms with Gasteiger partial charge in [0.15, 0.2) is 0 Å². The van der Waals surface area contributed by atoms with E-state index < -0.39 is 0 Å². The van der Waals surface area contributed by atoms with Crippen molar-refractivity contribution in [2.24, 2.45) is 0 Å². The lowest BCUT2D eigenvalue weighted by atomic mass is 10.1. The largest absolute Gasteiger partial charge is 0.495 e. The molecule has 1 fully saturated rings. The first-order chi connectivity index (χ1) is 12.4. The molecule has 134 valence electrons. The summed E-state index contributed by atoms with van der Waals surface area (Å²) in [5.41, 5.74) is 3.15. The number of ether oxygens (including phenoxy) is 1. The average molecular weight is 607 g/mol. The summed E-state index contributed by atoms with van der Waals surface area (Å²) in [4.78, 5) is 15.1. The fourth-order valence-corrected chi connectivity index (χ4v) is 5.91. The molecule has 2 aromatic rings. The number of carbonyl (C=O) groups excluding carboxylic acids is 1. The molecular formula is C19H15I2NO2S2. The average Bonchev–Trinajstić information content (AvgIpc) is 2.84. The van der Waals surface area contributed by atoms with E-state index >= 15 is 0 Å². The Morgan fingerprint density at radius 2 is 1.92 bits per heavy atom. The number of nitrogens with zero attached hydrogens (tertiary/aromatic N) is 1. The SMILES string of the molecule is COc1c(I)cc(I)cc1/C=C1\SC(=S)N(Cc2ccc(C)cc2)C1=O. The highest BCUT2D eigenvalue weighted by molar-refractivity contribution is 14.1. The zero-order chi connectivity index (χ0) is 18.8. The van der Waals surface area contributed by atoms with Crippen LogP contribution < -0.4 is 4.74 Å². The minimum absolute atomic E-state index is 0.0588. The number of hydrogen-bond acceptors (Lipinski definition) is 4. The molecule has 0 aliphatic carbocycles. The molecule has 26 heavy (non-hydrogen) atoms. The second-order valence-electron chi connectivity index (χ2n) is 5.76. The van der Waals surface area contributed by atoms with Gasteiger partial charge in [-0.25, -0.2) is 0 Å². The molecule has 3 nitrogen and oxygen atoms in total. The third-order valence-electron chi connectivity index (χ3n) is 3.86. The molecule has 0 aromatic heterocycles. The molecule has 1 amide bonds. The quantitative estimate of drug-likeness (QED) is 0.257. The third kappa shape index (κ3) is 4.42. The van der Waals surface area contributed by atoms with E-state index in [2.05, 4.69) is 45.2 Å². The van der Waals surface area contributed by atoms with E-state index in [1.54, 1.807) is 12.0 Å². The summed E-state index contributed by atoms with van der Waals surface area (Å²) in [7, 11) is 1.64. The Bertz CT molecular complexity index is 911. The van der Waals surface area contributed by atoms with E-state index in [4.69, 9.17) is 17.0 Å². The minimum atomic E-state index is -0.0588. The van der Waals surface area contributed by atoms with Crippen LogP contribution in [0, 0.1) is 14.1 Å². The first kappa shape index (κ1) is 20.1. The number of benzene rings is 2. The molecule has 0 unspecified atom stereocenters. The lowest BCUT2D eigenvalue weighted by Gasteiger charge is -2.14. The highest BCUT2D eigenvalue weighted by Gasteiger charge is 2.32. The molecule has 2 aromatic carbocycles. The van der Waals surface area contributed by atoms with Crippen LogP contribution in [0.4, 0.5) is 0 Å². The van der Waals surface area contributed by atoms with E-state index in [0.717, 1.165) is 24.0 Å². The molecule has 0 bridgehead atoms.